The van der Waals surface area contributed by atoms with Crippen LogP contribution in [0.25, 0.3) is 0 Å². The van der Waals surface area contributed by atoms with Crippen molar-refractivity contribution in [3.63, 3.8) is 0 Å². The van der Waals surface area contributed by atoms with Crippen molar-refractivity contribution in [2.24, 2.45) is 0 Å². The third kappa shape index (κ3) is 3.70. The summed E-state index contributed by atoms with van der Waals surface area (Å²) < 4.78 is 5.73. The average molecular weight is 219 g/mol. The first kappa shape index (κ1) is 12.8. The van der Waals surface area contributed by atoms with Gasteiger partial charge in [-0.05, 0) is 32.0 Å². The van der Waals surface area contributed by atoms with Crippen LogP contribution in [0.15, 0.2) is 36.4 Å². The maximum absolute atomic E-state index is 5.73. The summed E-state index contributed by atoms with van der Waals surface area (Å²) in [7, 11) is 0. The van der Waals surface area contributed by atoms with Crippen LogP contribution in [0.5, 0.6) is 5.75 Å². The lowest BCUT2D eigenvalue weighted by Crippen LogP contribution is -2.18. The first-order chi connectivity index (χ1) is 7.65. The topological polar surface area (TPSA) is 21.3 Å². The lowest BCUT2D eigenvalue weighted by molar-refractivity contribution is 0.344. The van der Waals surface area contributed by atoms with Crippen molar-refractivity contribution in [3.05, 3.63) is 42.0 Å². The molecule has 0 aliphatic carbocycles. The molecule has 0 saturated heterocycles. The molecule has 1 aromatic carbocycles. The van der Waals surface area contributed by atoms with E-state index in [1.807, 2.05) is 25.1 Å². The van der Waals surface area contributed by atoms with Crippen LogP contribution in [0.4, 0.5) is 0 Å². The average Bonchev–Trinajstić information content (AvgIpc) is 2.27. The molecule has 0 aromatic heterocycles. The molecule has 1 N–H and O–H groups in total. The largest absolute Gasteiger partial charge is 0.489 e. The molecule has 2 heteroatoms. The molecule has 1 atom stereocenters. The van der Waals surface area contributed by atoms with Gasteiger partial charge in [0.2, 0.25) is 0 Å². The number of para-hydroxylation sites is 1. The summed E-state index contributed by atoms with van der Waals surface area (Å²) in [5.41, 5.74) is 2.23. The van der Waals surface area contributed by atoms with E-state index >= 15 is 0 Å². The van der Waals surface area contributed by atoms with Gasteiger partial charge in [-0.2, -0.15) is 0 Å². The highest BCUT2D eigenvalue weighted by molar-refractivity contribution is 5.35. The number of ether oxygens (including phenoxy) is 1. The molecule has 1 rings (SSSR count). The summed E-state index contributed by atoms with van der Waals surface area (Å²) in [6.07, 6.45) is 0. The van der Waals surface area contributed by atoms with Gasteiger partial charge in [0.05, 0.1) is 0 Å². The highest BCUT2D eigenvalue weighted by Crippen LogP contribution is 2.24. The van der Waals surface area contributed by atoms with Gasteiger partial charge >= 0.3 is 0 Å². The fourth-order valence-electron chi connectivity index (χ4n) is 1.59. The Kier molecular flexibility index (Phi) is 5.06. The molecular weight excluding hydrogens is 198 g/mol. The number of benzene rings is 1. The van der Waals surface area contributed by atoms with E-state index in [2.05, 4.69) is 31.8 Å². The van der Waals surface area contributed by atoms with E-state index in [1.54, 1.807) is 0 Å². The zero-order valence-corrected chi connectivity index (χ0v) is 10.4. The molecule has 88 valence electrons. The molecular formula is C14H21NO. The zero-order valence-electron chi connectivity index (χ0n) is 10.4. The second kappa shape index (κ2) is 6.33. The van der Waals surface area contributed by atoms with Crippen LogP contribution in [-0.4, -0.2) is 13.2 Å². The Balaban J connectivity index is 2.78. The summed E-state index contributed by atoms with van der Waals surface area (Å²) in [6, 6.07) is 8.45. The normalized spacial score (nSPS) is 12.2. The molecule has 16 heavy (non-hydrogen) atoms. The van der Waals surface area contributed by atoms with Crippen LogP contribution in [0.1, 0.15) is 32.4 Å². The van der Waals surface area contributed by atoms with Crippen LogP contribution >= 0.6 is 0 Å². The molecule has 1 unspecified atom stereocenters. The van der Waals surface area contributed by atoms with Crippen molar-refractivity contribution >= 4 is 0 Å². The van der Waals surface area contributed by atoms with Crippen molar-refractivity contribution in [1.29, 1.82) is 0 Å². The third-order valence-corrected chi connectivity index (χ3v) is 2.37. The standard InChI is InChI=1S/C14H21NO/c1-5-15-12(4)13-8-6-7-9-14(13)16-10-11(2)3/h6-9,12,15H,2,5,10H2,1,3-4H3. The Hall–Kier alpha value is -1.28. The van der Waals surface area contributed by atoms with Gasteiger partial charge in [0.1, 0.15) is 12.4 Å². The van der Waals surface area contributed by atoms with Gasteiger partial charge in [0, 0.05) is 11.6 Å². The minimum atomic E-state index is 0.311. The summed E-state index contributed by atoms with van der Waals surface area (Å²) in [5.74, 6) is 0.943. The van der Waals surface area contributed by atoms with E-state index in [4.69, 9.17) is 4.74 Å². The molecule has 0 amide bonds. The second-order valence-corrected chi connectivity index (χ2v) is 4.06. The second-order valence-electron chi connectivity index (χ2n) is 4.06. The van der Waals surface area contributed by atoms with E-state index in [0.29, 0.717) is 12.6 Å². The maximum atomic E-state index is 5.73. The predicted molar refractivity (Wildman–Crippen MR) is 68.8 cm³/mol. The van der Waals surface area contributed by atoms with Gasteiger partial charge in [-0.3, -0.25) is 0 Å². The maximum Gasteiger partial charge on any atom is 0.124 e. The first-order valence-electron chi connectivity index (χ1n) is 5.74. The highest BCUT2D eigenvalue weighted by Gasteiger charge is 2.09. The fraction of sp³-hybridized carbons (Fsp3) is 0.429. The van der Waals surface area contributed by atoms with Crippen molar-refractivity contribution in [3.8, 4) is 5.75 Å². The van der Waals surface area contributed by atoms with Gasteiger partial charge in [0.15, 0.2) is 0 Å². The molecule has 0 radical (unpaired) electrons. The van der Waals surface area contributed by atoms with E-state index in [0.717, 1.165) is 17.9 Å². The van der Waals surface area contributed by atoms with Gasteiger partial charge < -0.3 is 10.1 Å². The summed E-state index contributed by atoms with van der Waals surface area (Å²) in [4.78, 5) is 0. The first-order valence-corrected chi connectivity index (χ1v) is 5.74. The molecule has 0 saturated carbocycles. The summed E-state index contributed by atoms with van der Waals surface area (Å²) in [5, 5.41) is 3.39. The highest BCUT2D eigenvalue weighted by atomic mass is 16.5. The molecule has 0 aliphatic rings. The van der Waals surface area contributed by atoms with Crippen molar-refractivity contribution in [1.82, 2.24) is 5.32 Å². The SMILES string of the molecule is C=C(C)COc1ccccc1C(C)NCC. The van der Waals surface area contributed by atoms with Crippen molar-refractivity contribution in [2.75, 3.05) is 13.2 Å². The number of hydrogen-bond donors (Lipinski definition) is 1. The molecule has 0 bridgehead atoms. The predicted octanol–water partition coefficient (Wildman–Crippen LogP) is 3.31. The quantitative estimate of drug-likeness (QED) is 0.741. The van der Waals surface area contributed by atoms with E-state index < -0.39 is 0 Å². The van der Waals surface area contributed by atoms with E-state index in [1.165, 1.54) is 5.56 Å². The van der Waals surface area contributed by atoms with Crippen LogP contribution in [-0.2, 0) is 0 Å². The Morgan fingerprint density at radius 1 is 1.44 bits per heavy atom. The minimum absolute atomic E-state index is 0.311. The van der Waals surface area contributed by atoms with Gasteiger partial charge in [-0.1, -0.05) is 31.7 Å². The lowest BCUT2D eigenvalue weighted by atomic mass is 10.1. The van der Waals surface area contributed by atoms with Crippen molar-refractivity contribution in [2.45, 2.75) is 26.8 Å². The van der Waals surface area contributed by atoms with Crippen LogP contribution in [0, 0.1) is 0 Å². The molecule has 2 nitrogen and oxygen atoms in total. The smallest absolute Gasteiger partial charge is 0.124 e. The van der Waals surface area contributed by atoms with Gasteiger partial charge in [0.25, 0.3) is 0 Å². The molecule has 0 heterocycles. The Bertz CT molecular complexity index is 346. The summed E-state index contributed by atoms with van der Waals surface area (Å²) >= 11 is 0. The number of hydrogen-bond acceptors (Lipinski definition) is 2. The Labute approximate surface area is 98.3 Å². The molecule has 0 spiro atoms. The van der Waals surface area contributed by atoms with Crippen LogP contribution in [0.2, 0.25) is 0 Å². The Morgan fingerprint density at radius 2 is 2.12 bits per heavy atom. The van der Waals surface area contributed by atoms with Crippen LogP contribution in [0.3, 0.4) is 0 Å². The Morgan fingerprint density at radius 3 is 2.75 bits per heavy atom. The lowest BCUT2D eigenvalue weighted by Gasteiger charge is -2.17. The monoisotopic (exact) mass is 219 g/mol. The number of nitrogens with one attached hydrogen (secondary N) is 1. The molecule has 0 fully saturated rings. The van der Waals surface area contributed by atoms with Crippen LogP contribution < -0.4 is 10.1 Å². The fourth-order valence-corrected chi connectivity index (χ4v) is 1.59. The molecule has 1 aromatic rings. The molecule has 0 aliphatic heterocycles. The van der Waals surface area contributed by atoms with Gasteiger partial charge in [-0.25, -0.2) is 0 Å². The zero-order chi connectivity index (χ0) is 12.0. The van der Waals surface area contributed by atoms with E-state index in [9.17, 15) is 0 Å². The summed E-state index contributed by atoms with van der Waals surface area (Å²) in [6.45, 7) is 11.6. The number of rotatable bonds is 6. The van der Waals surface area contributed by atoms with Gasteiger partial charge in [-0.15, -0.1) is 0 Å². The minimum Gasteiger partial charge on any atom is -0.489 e. The third-order valence-electron chi connectivity index (χ3n) is 2.37. The van der Waals surface area contributed by atoms with E-state index in [-0.39, 0.29) is 0 Å². The van der Waals surface area contributed by atoms with Crippen molar-refractivity contribution < 1.29 is 4.74 Å².